The Labute approximate surface area is 231 Å². The zero-order chi connectivity index (χ0) is 26.6. The molecule has 0 spiro atoms. The molecule has 0 amide bonds. The van der Waals surface area contributed by atoms with Crippen molar-refractivity contribution >= 4 is 27.8 Å². The van der Waals surface area contributed by atoms with Gasteiger partial charge in [-0.3, -0.25) is 0 Å². The lowest BCUT2D eigenvalue weighted by Gasteiger charge is -2.26. The molecule has 0 atom stereocenters. The second-order valence-electron chi connectivity index (χ2n) is 11.1. The van der Waals surface area contributed by atoms with Gasteiger partial charge in [-0.15, -0.1) is 0 Å². The van der Waals surface area contributed by atoms with Gasteiger partial charge in [0.05, 0.1) is 0 Å². The Morgan fingerprint density at radius 3 is 1.69 bits per heavy atom. The van der Waals surface area contributed by atoms with Crippen LogP contribution in [-0.4, -0.2) is 0 Å². The van der Waals surface area contributed by atoms with Gasteiger partial charge in [-0.05, 0) is 93.5 Å². The number of aryl methyl sites for hydroxylation is 1. The van der Waals surface area contributed by atoms with Crippen LogP contribution in [0, 0.1) is 6.92 Å². The molecule has 1 heteroatoms. The molecule has 7 rings (SSSR count). The average Bonchev–Trinajstić information content (AvgIpc) is 3.20. The summed E-state index contributed by atoms with van der Waals surface area (Å²) in [6, 6.07) is 48.5. The van der Waals surface area contributed by atoms with Crippen LogP contribution in [0.1, 0.15) is 30.5 Å². The molecular formula is C38H31N. The van der Waals surface area contributed by atoms with Crippen LogP contribution >= 0.6 is 0 Å². The molecule has 0 saturated heterocycles. The van der Waals surface area contributed by atoms with Crippen LogP contribution < -0.4 is 4.90 Å². The Balaban J connectivity index is 1.39. The molecule has 0 N–H and O–H groups in total. The third kappa shape index (κ3) is 3.77. The summed E-state index contributed by atoms with van der Waals surface area (Å²) in [7, 11) is 0. The summed E-state index contributed by atoms with van der Waals surface area (Å²) in [4.78, 5) is 2.31. The maximum absolute atomic E-state index is 2.45. The normalized spacial score (nSPS) is 13.2. The van der Waals surface area contributed by atoms with E-state index in [1.54, 1.807) is 0 Å². The lowest BCUT2D eigenvalue weighted by Crippen LogP contribution is -2.15. The van der Waals surface area contributed by atoms with E-state index >= 15 is 0 Å². The Morgan fingerprint density at radius 2 is 1.05 bits per heavy atom. The molecule has 6 aromatic carbocycles. The van der Waals surface area contributed by atoms with Crippen molar-refractivity contribution in [3.8, 4) is 22.3 Å². The number of nitrogens with zero attached hydrogens (tertiary/aromatic N) is 1. The molecule has 6 aromatic rings. The first-order chi connectivity index (χ1) is 19.0. The first-order valence-corrected chi connectivity index (χ1v) is 13.7. The fourth-order valence-corrected chi connectivity index (χ4v) is 6.33. The van der Waals surface area contributed by atoms with E-state index in [1.807, 2.05) is 0 Å². The highest BCUT2D eigenvalue weighted by molar-refractivity contribution is 6.09. The predicted molar refractivity (Wildman–Crippen MR) is 166 cm³/mol. The molecule has 1 aliphatic carbocycles. The van der Waals surface area contributed by atoms with Gasteiger partial charge in [-0.25, -0.2) is 0 Å². The number of fused-ring (bicyclic) bond motifs is 5. The van der Waals surface area contributed by atoms with Gasteiger partial charge in [0, 0.05) is 22.5 Å². The number of benzene rings is 6. The molecule has 0 unspecified atom stereocenters. The smallest absolute Gasteiger partial charge is 0.0462 e. The summed E-state index contributed by atoms with van der Waals surface area (Å²) < 4.78 is 0. The van der Waals surface area contributed by atoms with E-state index in [9.17, 15) is 0 Å². The number of rotatable bonds is 4. The Morgan fingerprint density at radius 1 is 0.487 bits per heavy atom. The van der Waals surface area contributed by atoms with Crippen LogP contribution in [0.15, 0.2) is 133 Å². The standard InChI is InChI=1S/C38H31N/c1-26-18-23-33-35(24-26)38(2,3)36-25-34(31-16-10-11-17-32(31)37(33)36)27-19-21-30(22-20-27)39(28-12-6-4-7-13-28)29-14-8-5-9-15-29/h4-25H,1-3H3. The van der Waals surface area contributed by atoms with Gasteiger partial charge in [0.1, 0.15) is 0 Å². The van der Waals surface area contributed by atoms with Gasteiger partial charge in [-0.2, -0.15) is 0 Å². The number of para-hydroxylation sites is 2. The molecule has 0 fully saturated rings. The van der Waals surface area contributed by atoms with E-state index in [1.165, 1.54) is 49.7 Å². The number of anilines is 3. The van der Waals surface area contributed by atoms with Crippen molar-refractivity contribution in [3.05, 3.63) is 150 Å². The molecule has 0 bridgehead atoms. The van der Waals surface area contributed by atoms with Crippen LogP contribution in [0.2, 0.25) is 0 Å². The van der Waals surface area contributed by atoms with Crippen LogP contribution in [0.3, 0.4) is 0 Å². The maximum Gasteiger partial charge on any atom is 0.0462 e. The fourth-order valence-electron chi connectivity index (χ4n) is 6.33. The lowest BCUT2D eigenvalue weighted by atomic mass is 9.80. The van der Waals surface area contributed by atoms with E-state index in [-0.39, 0.29) is 5.41 Å². The molecular weight excluding hydrogens is 470 g/mol. The van der Waals surface area contributed by atoms with Gasteiger partial charge in [0.15, 0.2) is 0 Å². The average molecular weight is 502 g/mol. The predicted octanol–water partition coefficient (Wildman–Crippen LogP) is 10.6. The highest BCUT2D eigenvalue weighted by Gasteiger charge is 2.37. The van der Waals surface area contributed by atoms with E-state index in [4.69, 9.17) is 0 Å². The number of hydrogen-bond donors (Lipinski definition) is 0. The minimum absolute atomic E-state index is 0.0488. The third-order valence-electron chi connectivity index (χ3n) is 8.30. The Bertz CT molecular complexity index is 1770. The molecule has 0 saturated carbocycles. The maximum atomic E-state index is 2.45. The van der Waals surface area contributed by atoms with Crippen LogP contribution in [0.5, 0.6) is 0 Å². The van der Waals surface area contributed by atoms with Crippen molar-refractivity contribution in [3.63, 3.8) is 0 Å². The zero-order valence-electron chi connectivity index (χ0n) is 22.6. The van der Waals surface area contributed by atoms with Crippen molar-refractivity contribution in [1.82, 2.24) is 0 Å². The van der Waals surface area contributed by atoms with Gasteiger partial charge >= 0.3 is 0 Å². The zero-order valence-corrected chi connectivity index (χ0v) is 22.6. The lowest BCUT2D eigenvalue weighted by molar-refractivity contribution is 0.660. The largest absolute Gasteiger partial charge is 0.311 e. The molecule has 39 heavy (non-hydrogen) atoms. The van der Waals surface area contributed by atoms with Crippen molar-refractivity contribution in [2.24, 2.45) is 0 Å². The van der Waals surface area contributed by atoms with Gasteiger partial charge < -0.3 is 4.90 Å². The molecule has 1 nitrogen and oxygen atoms in total. The quantitative estimate of drug-likeness (QED) is 0.232. The first-order valence-electron chi connectivity index (χ1n) is 13.7. The molecule has 1 aliphatic rings. The van der Waals surface area contributed by atoms with Gasteiger partial charge in [0.2, 0.25) is 0 Å². The summed E-state index contributed by atoms with van der Waals surface area (Å²) in [5, 5.41) is 2.64. The monoisotopic (exact) mass is 501 g/mol. The summed E-state index contributed by atoms with van der Waals surface area (Å²) >= 11 is 0. The van der Waals surface area contributed by atoms with Crippen molar-refractivity contribution < 1.29 is 0 Å². The van der Waals surface area contributed by atoms with E-state index in [0.29, 0.717) is 0 Å². The highest BCUT2D eigenvalue weighted by Crippen LogP contribution is 2.53. The van der Waals surface area contributed by atoms with Crippen LogP contribution in [-0.2, 0) is 5.41 Å². The fraction of sp³-hybridized carbons (Fsp3) is 0.105. The molecule has 0 aromatic heterocycles. The highest BCUT2D eigenvalue weighted by atomic mass is 15.1. The Kier molecular flexibility index (Phi) is 5.42. The topological polar surface area (TPSA) is 3.24 Å². The van der Waals surface area contributed by atoms with E-state index < -0.39 is 0 Å². The summed E-state index contributed by atoms with van der Waals surface area (Å²) in [6.07, 6.45) is 0. The first kappa shape index (κ1) is 23.5. The molecule has 188 valence electrons. The molecule has 0 aliphatic heterocycles. The molecule has 0 radical (unpaired) electrons. The third-order valence-corrected chi connectivity index (χ3v) is 8.30. The van der Waals surface area contributed by atoms with Gasteiger partial charge in [-0.1, -0.05) is 110 Å². The summed E-state index contributed by atoms with van der Waals surface area (Å²) in [5.41, 5.74) is 12.8. The van der Waals surface area contributed by atoms with E-state index in [2.05, 4.69) is 159 Å². The van der Waals surface area contributed by atoms with Crippen molar-refractivity contribution in [2.45, 2.75) is 26.2 Å². The van der Waals surface area contributed by atoms with Crippen LogP contribution in [0.4, 0.5) is 17.1 Å². The SMILES string of the molecule is Cc1ccc2c(c1)C(C)(C)c1cc(-c3ccc(N(c4ccccc4)c4ccccc4)cc3)c3ccccc3c1-2. The van der Waals surface area contributed by atoms with Crippen molar-refractivity contribution in [1.29, 1.82) is 0 Å². The van der Waals surface area contributed by atoms with Gasteiger partial charge in [0.25, 0.3) is 0 Å². The second-order valence-corrected chi connectivity index (χ2v) is 11.1. The van der Waals surface area contributed by atoms with E-state index in [0.717, 1.165) is 17.1 Å². The minimum Gasteiger partial charge on any atom is -0.311 e. The summed E-state index contributed by atoms with van der Waals surface area (Å²) in [5.74, 6) is 0. The summed E-state index contributed by atoms with van der Waals surface area (Å²) in [6.45, 7) is 6.94. The minimum atomic E-state index is -0.0488. The number of hydrogen-bond acceptors (Lipinski definition) is 1. The Hall–Kier alpha value is -4.62. The van der Waals surface area contributed by atoms with Crippen molar-refractivity contribution in [2.75, 3.05) is 4.90 Å². The second kappa shape index (κ2) is 8.99. The molecule has 0 heterocycles. The van der Waals surface area contributed by atoms with Crippen LogP contribution in [0.25, 0.3) is 33.0 Å².